The minimum absolute atomic E-state index is 0.0658. The van der Waals surface area contributed by atoms with E-state index >= 15 is 0 Å². The van der Waals surface area contributed by atoms with Gasteiger partial charge in [-0.1, -0.05) is 37.6 Å². The summed E-state index contributed by atoms with van der Waals surface area (Å²) in [6, 6.07) is 26.1. The molecule has 8 heteroatoms. The molecule has 0 fully saturated rings. The average Bonchev–Trinajstić information content (AvgIpc) is 3.49. The molecule has 8 nitrogen and oxygen atoms in total. The van der Waals surface area contributed by atoms with Crippen molar-refractivity contribution >= 4 is 23.3 Å². The highest BCUT2D eigenvalue weighted by Gasteiger charge is 2.37. The number of anilines is 2. The first-order valence-electron chi connectivity index (χ1n) is 13.5. The lowest BCUT2D eigenvalue weighted by Gasteiger charge is -2.39. The van der Waals surface area contributed by atoms with Gasteiger partial charge in [-0.2, -0.15) is 0 Å². The number of methoxy groups -OCH3 is 2. The van der Waals surface area contributed by atoms with Crippen molar-refractivity contribution in [3.63, 3.8) is 0 Å². The van der Waals surface area contributed by atoms with E-state index in [1.54, 1.807) is 43.4 Å². The lowest BCUT2D eigenvalue weighted by atomic mass is 9.97. The zero-order valence-corrected chi connectivity index (χ0v) is 23.0. The molecule has 1 aromatic heterocycles. The van der Waals surface area contributed by atoms with Crippen molar-refractivity contribution in [1.29, 1.82) is 0 Å². The van der Waals surface area contributed by atoms with Crippen LogP contribution in [0.3, 0.4) is 0 Å². The number of nitrogens with one attached hydrogen (secondary N) is 1. The number of carbonyl (C=O) groups is 2. The molecular formula is C32H34N4O4. The van der Waals surface area contributed by atoms with Gasteiger partial charge in [0.15, 0.2) is 0 Å². The van der Waals surface area contributed by atoms with Gasteiger partial charge in [-0.05, 0) is 72.6 Å². The van der Waals surface area contributed by atoms with Gasteiger partial charge in [0.05, 0.1) is 31.3 Å². The number of rotatable bonds is 9. The molecule has 0 bridgehead atoms. The number of ether oxygens (including phenoxy) is 2. The maximum absolute atomic E-state index is 14.3. The first kappa shape index (κ1) is 26.9. The van der Waals surface area contributed by atoms with Crippen LogP contribution in [0.1, 0.15) is 37.1 Å². The Kier molecular flexibility index (Phi) is 8.05. The number of aromatic nitrogens is 1. The first-order chi connectivity index (χ1) is 19.5. The van der Waals surface area contributed by atoms with E-state index in [1.807, 2.05) is 71.8 Å². The fourth-order valence-electron chi connectivity index (χ4n) is 5.08. The Morgan fingerprint density at radius 2 is 1.50 bits per heavy atom. The van der Waals surface area contributed by atoms with Crippen molar-refractivity contribution in [3.05, 3.63) is 102 Å². The fourth-order valence-corrected chi connectivity index (χ4v) is 5.08. The summed E-state index contributed by atoms with van der Waals surface area (Å²) >= 11 is 0. The van der Waals surface area contributed by atoms with Crippen LogP contribution in [0.2, 0.25) is 0 Å². The summed E-state index contributed by atoms with van der Waals surface area (Å²) in [5, 5.41) is 2.94. The molecule has 1 N–H and O–H groups in total. The highest BCUT2D eigenvalue weighted by Crippen LogP contribution is 2.42. The first-order valence-corrected chi connectivity index (χ1v) is 13.5. The molecule has 0 spiro atoms. The van der Waals surface area contributed by atoms with E-state index in [0.29, 0.717) is 18.0 Å². The van der Waals surface area contributed by atoms with Crippen LogP contribution >= 0.6 is 0 Å². The van der Waals surface area contributed by atoms with E-state index in [-0.39, 0.29) is 24.5 Å². The molecule has 0 aliphatic carbocycles. The van der Waals surface area contributed by atoms with Gasteiger partial charge in [0.1, 0.15) is 24.1 Å². The van der Waals surface area contributed by atoms with Gasteiger partial charge in [-0.15, -0.1) is 0 Å². The van der Waals surface area contributed by atoms with Crippen LogP contribution in [-0.4, -0.2) is 48.7 Å². The molecule has 5 rings (SSSR count). The summed E-state index contributed by atoms with van der Waals surface area (Å²) in [7, 11) is 3.23. The second-order valence-electron chi connectivity index (χ2n) is 9.66. The van der Waals surface area contributed by atoms with Crippen LogP contribution in [0, 0.1) is 0 Å². The van der Waals surface area contributed by atoms with Crippen LogP contribution in [0.15, 0.2) is 91.1 Å². The van der Waals surface area contributed by atoms with E-state index < -0.39 is 0 Å². The van der Waals surface area contributed by atoms with Crippen LogP contribution in [-0.2, 0) is 4.79 Å². The number of benzene rings is 3. The number of para-hydroxylation sites is 2. The van der Waals surface area contributed by atoms with Crippen molar-refractivity contribution in [2.75, 3.05) is 37.5 Å². The fraction of sp³-hybridized carbons (Fsp3) is 0.250. The smallest absolute Gasteiger partial charge is 0.322 e. The molecule has 1 atom stereocenters. The van der Waals surface area contributed by atoms with E-state index in [2.05, 4.69) is 16.8 Å². The zero-order valence-electron chi connectivity index (χ0n) is 23.0. The number of hydrogen-bond acceptors (Lipinski definition) is 4. The molecule has 0 saturated carbocycles. The Balaban J connectivity index is 1.48. The van der Waals surface area contributed by atoms with Crippen molar-refractivity contribution in [3.8, 4) is 17.2 Å². The maximum atomic E-state index is 14.3. The summed E-state index contributed by atoms with van der Waals surface area (Å²) in [6.45, 7) is 2.46. The van der Waals surface area contributed by atoms with Gasteiger partial charge >= 0.3 is 6.03 Å². The average molecular weight is 539 g/mol. The number of urea groups is 1. The molecule has 4 aromatic rings. The van der Waals surface area contributed by atoms with Gasteiger partial charge in [-0.25, -0.2) is 4.79 Å². The lowest BCUT2D eigenvalue weighted by molar-refractivity contribution is -0.119. The maximum Gasteiger partial charge on any atom is 0.322 e. The van der Waals surface area contributed by atoms with Crippen LogP contribution in [0.4, 0.5) is 16.2 Å². The zero-order chi connectivity index (χ0) is 28.1. The molecule has 1 aliphatic heterocycles. The predicted octanol–water partition coefficient (Wildman–Crippen LogP) is 6.26. The Morgan fingerprint density at radius 3 is 2.15 bits per heavy atom. The normalized spacial score (nSPS) is 13.7. The Labute approximate surface area is 234 Å². The third-order valence-electron chi connectivity index (χ3n) is 7.16. The van der Waals surface area contributed by atoms with Crippen molar-refractivity contribution in [1.82, 2.24) is 9.47 Å². The van der Waals surface area contributed by atoms with Crippen molar-refractivity contribution in [2.24, 2.45) is 0 Å². The molecule has 1 unspecified atom stereocenters. The molecule has 3 amide bonds. The van der Waals surface area contributed by atoms with Crippen LogP contribution in [0.5, 0.6) is 11.5 Å². The van der Waals surface area contributed by atoms with Gasteiger partial charge in [-0.3, -0.25) is 9.69 Å². The molecular weight excluding hydrogens is 504 g/mol. The minimum atomic E-state index is -0.374. The Bertz CT molecular complexity index is 1460. The van der Waals surface area contributed by atoms with E-state index in [9.17, 15) is 9.59 Å². The molecule has 3 aromatic carbocycles. The summed E-state index contributed by atoms with van der Waals surface area (Å²) in [5.74, 6) is 1.28. The Morgan fingerprint density at radius 1 is 0.850 bits per heavy atom. The minimum Gasteiger partial charge on any atom is -0.497 e. The number of nitrogens with zero attached hydrogens (tertiary/aromatic N) is 3. The summed E-state index contributed by atoms with van der Waals surface area (Å²) < 4.78 is 12.7. The lowest BCUT2D eigenvalue weighted by Crippen LogP contribution is -2.48. The standard InChI is InChI=1S/C32H34N4O4/c1-4-5-20-34(32(38)33-24-14-18-26(40-3)19-15-24)22-30(37)36-28-10-7-6-9-27(28)35-21-8-11-29(35)31(36)23-12-16-25(39-2)17-13-23/h6-19,21,31H,4-5,20,22H2,1-3H3,(H,33,38). The molecule has 0 radical (unpaired) electrons. The van der Waals surface area contributed by atoms with Crippen molar-refractivity contribution in [2.45, 2.75) is 25.8 Å². The van der Waals surface area contributed by atoms with Crippen LogP contribution in [0.25, 0.3) is 5.69 Å². The number of hydrogen-bond donors (Lipinski definition) is 1. The highest BCUT2D eigenvalue weighted by atomic mass is 16.5. The highest BCUT2D eigenvalue weighted by molar-refractivity contribution is 6.01. The van der Waals surface area contributed by atoms with Gasteiger partial charge in [0, 0.05) is 18.4 Å². The summed E-state index contributed by atoms with van der Waals surface area (Å²) in [5.41, 5.74) is 4.27. The molecule has 40 heavy (non-hydrogen) atoms. The number of unbranched alkanes of at least 4 members (excludes halogenated alkanes) is 1. The van der Waals surface area contributed by atoms with E-state index in [1.165, 1.54) is 0 Å². The monoisotopic (exact) mass is 538 g/mol. The van der Waals surface area contributed by atoms with Crippen molar-refractivity contribution < 1.29 is 19.1 Å². The number of fused-ring (bicyclic) bond motifs is 3. The SMILES string of the molecule is CCCCN(CC(=O)N1c2ccccc2-n2cccc2C1c1ccc(OC)cc1)C(=O)Nc1ccc(OC)cc1. The largest absolute Gasteiger partial charge is 0.497 e. The molecule has 2 heterocycles. The topological polar surface area (TPSA) is 76.0 Å². The van der Waals surface area contributed by atoms with Gasteiger partial charge in [0.2, 0.25) is 5.91 Å². The van der Waals surface area contributed by atoms with Gasteiger partial charge in [0.25, 0.3) is 0 Å². The molecule has 0 saturated heterocycles. The van der Waals surface area contributed by atoms with Crippen LogP contribution < -0.4 is 19.7 Å². The third-order valence-corrected chi connectivity index (χ3v) is 7.16. The molecule has 1 aliphatic rings. The van der Waals surface area contributed by atoms with E-state index in [4.69, 9.17) is 9.47 Å². The number of carbonyl (C=O) groups excluding carboxylic acids is 2. The number of amides is 3. The summed E-state index contributed by atoms with van der Waals surface area (Å²) in [6.07, 6.45) is 3.70. The van der Waals surface area contributed by atoms with E-state index in [0.717, 1.165) is 41.2 Å². The second kappa shape index (κ2) is 12.0. The second-order valence-corrected chi connectivity index (χ2v) is 9.66. The predicted molar refractivity (Wildman–Crippen MR) is 157 cm³/mol. The van der Waals surface area contributed by atoms with Gasteiger partial charge < -0.3 is 24.3 Å². The quantitative estimate of drug-likeness (QED) is 0.273. The summed E-state index contributed by atoms with van der Waals surface area (Å²) in [4.78, 5) is 31.1. The third kappa shape index (κ3) is 5.38. The Hall–Kier alpha value is -4.72. The molecule has 206 valence electrons.